The number of hydrogen-bond donors (Lipinski definition) is 1. The summed E-state index contributed by atoms with van der Waals surface area (Å²) in [5.41, 5.74) is 5.82. The molecular formula is C8H16ClN. The third kappa shape index (κ3) is 2.31. The lowest BCUT2D eigenvalue weighted by Crippen LogP contribution is -2.33. The first kappa shape index (κ1) is 9.99. The van der Waals surface area contributed by atoms with Gasteiger partial charge in [-0.25, -0.2) is 0 Å². The first-order valence-electron chi connectivity index (χ1n) is 3.71. The Bertz CT molecular complexity index is 99.4. The van der Waals surface area contributed by atoms with Crippen LogP contribution >= 0.6 is 12.4 Å². The van der Waals surface area contributed by atoms with Crippen LogP contribution in [0.15, 0.2) is 12.7 Å². The van der Waals surface area contributed by atoms with Gasteiger partial charge in [0.2, 0.25) is 0 Å². The molecular weight excluding hydrogens is 146 g/mol. The van der Waals surface area contributed by atoms with Crippen molar-refractivity contribution in [3.8, 4) is 0 Å². The Balaban J connectivity index is 0.000000810. The van der Waals surface area contributed by atoms with Crippen molar-refractivity contribution < 1.29 is 0 Å². The van der Waals surface area contributed by atoms with Crippen molar-refractivity contribution in [2.24, 2.45) is 11.7 Å². The van der Waals surface area contributed by atoms with Crippen LogP contribution in [0.5, 0.6) is 0 Å². The molecule has 0 aromatic rings. The monoisotopic (exact) mass is 161 g/mol. The van der Waals surface area contributed by atoms with E-state index in [-0.39, 0.29) is 12.4 Å². The van der Waals surface area contributed by atoms with E-state index in [0.29, 0.717) is 6.04 Å². The second-order valence-corrected chi connectivity index (χ2v) is 2.88. The minimum absolute atomic E-state index is 0. The molecule has 1 saturated carbocycles. The van der Waals surface area contributed by atoms with E-state index in [1.165, 1.54) is 19.3 Å². The SMILES string of the molecule is C=CCC(N)C1CCC1.Cl. The second-order valence-electron chi connectivity index (χ2n) is 2.88. The molecule has 0 heterocycles. The van der Waals surface area contributed by atoms with Crippen LogP contribution in [0.4, 0.5) is 0 Å². The highest BCUT2D eigenvalue weighted by Gasteiger charge is 2.22. The maximum atomic E-state index is 5.82. The summed E-state index contributed by atoms with van der Waals surface area (Å²) in [6.45, 7) is 3.66. The Morgan fingerprint density at radius 2 is 2.20 bits per heavy atom. The lowest BCUT2D eigenvalue weighted by molar-refractivity contribution is 0.262. The Morgan fingerprint density at radius 1 is 1.60 bits per heavy atom. The summed E-state index contributed by atoms with van der Waals surface area (Å²) < 4.78 is 0. The fourth-order valence-corrected chi connectivity index (χ4v) is 1.25. The zero-order valence-electron chi connectivity index (χ0n) is 6.25. The van der Waals surface area contributed by atoms with Gasteiger partial charge in [-0.2, -0.15) is 0 Å². The molecule has 0 aromatic heterocycles. The Labute approximate surface area is 69.1 Å². The molecule has 1 rings (SSSR count). The molecule has 1 aliphatic rings. The molecule has 1 atom stereocenters. The smallest absolute Gasteiger partial charge is 0.0102 e. The van der Waals surface area contributed by atoms with E-state index in [0.717, 1.165) is 12.3 Å². The molecule has 0 spiro atoms. The average molecular weight is 162 g/mol. The maximum absolute atomic E-state index is 5.82. The van der Waals surface area contributed by atoms with Crippen LogP contribution in [-0.2, 0) is 0 Å². The van der Waals surface area contributed by atoms with E-state index < -0.39 is 0 Å². The number of nitrogens with two attached hydrogens (primary N) is 1. The van der Waals surface area contributed by atoms with Crippen molar-refractivity contribution >= 4 is 12.4 Å². The topological polar surface area (TPSA) is 26.0 Å². The lowest BCUT2D eigenvalue weighted by atomic mass is 9.79. The Kier molecular flexibility index (Phi) is 4.75. The summed E-state index contributed by atoms with van der Waals surface area (Å²) in [4.78, 5) is 0. The highest BCUT2D eigenvalue weighted by Crippen LogP contribution is 2.29. The minimum Gasteiger partial charge on any atom is -0.327 e. The summed E-state index contributed by atoms with van der Waals surface area (Å²) in [5.74, 6) is 0.808. The molecule has 0 bridgehead atoms. The summed E-state index contributed by atoms with van der Waals surface area (Å²) in [5, 5.41) is 0. The molecule has 1 unspecified atom stereocenters. The van der Waals surface area contributed by atoms with Crippen LogP contribution in [0, 0.1) is 5.92 Å². The number of hydrogen-bond acceptors (Lipinski definition) is 1. The minimum atomic E-state index is 0. The molecule has 0 radical (unpaired) electrons. The van der Waals surface area contributed by atoms with Gasteiger partial charge in [0.25, 0.3) is 0 Å². The van der Waals surface area contributed by atoms with E-state index in [9.17, 15) is 0 Å². The predicted octanol–water partition coefficient (Wildman–Crippen LogP) is 2.11. The highest BCUT2D eigenvalue weighted by atomic mass is 35.5. The lowest BCUT2D eigenvalue weighted by Gasteiger charge is -2.30. The molecule has 2 heteroatoms. The van der Waals surface area contributed by atoms with Crippen LogP contribution in [0.3, 0.4) is 0 Å². The third-order valence-electron chi connectivity index (χ3n) is 2.19. The van der Waals surface area contributed by atoms with Crippen LogP contribution < -0.4 is 5.73 Å². The van der Waals surface area contributed by atoms with E-state index in [1.54, 1.807) is 0 Å². The van der Waals surface area contributed by atoms with Crippen molar-refractivity contribution in [1.82, 2.24) is 0 Å². The molecule has 60 valence electrons. The largest absolute Gasteiger partial charge is 0.327 e. The van der Waals surface area contributed by atoms with Crippen LogP contribution in [-0.4, -0.2) is 6.04 Å². The van der Waals surface area contributed by atoms with Gasteiger partial charge in [-0.3, -0.25) is 0 Å². The quantitative estimate of drug-likeness (QED) is 0.631. The number of rotatable bonds is 3. The zero-order chi connectivity index (χ0) is 6.69. The third-order valence-corrected chi connectivity index (χ3v) is 2.19. The first-order valence-corrected chi connectivity index (χ1v) is 3.71. The van der Waals surface area contributed by atoms with Gasteiger partial charge in [-0.1, -0.05) is 12.5 Å². The molecule has 1 nitrogen and oxygen atoms in total. The van der Waals surface area contributed by atoms with Gasteiger partial charge in [-0.15, -0.1) is 19.0 Å². The Hall–Kier alpha value is -0.0100. The van der Waals surface area contributed by atoms with Crippen molar-refractivity contribution in [3.63, 3.8) is 0 Å². The van der Waals surface area contributed by atoms with Gasteiger partial charge in [-0.05, 0) is 25.2 Å². The van der Waals surface area contributed by atoms with Gasteiger partial charge in [0.15, 0.2) is 0 Å². The fourth-order valence-electron chi connectivity index (χ4n) is 1.25. The molecule has 2 N–H and O–H groups in total. The molecule has 0 aromatic carbocycles. The molecule has 10 heavy (non-hydrogen) atoms. The van der Waals surface area contributed by atoms with Crippen LogP contribution in [0.1, 0.15) is 25.7 Å². The standard InChI is InChI=1S/C8H15N.ClH/c1-2-4-8(9)7-5-3-6-7;/h2,7-8H,1,3-6,9H2;1H. The predicted molar refractivity (Wildman–Crippen MR) is 47.4 cm³/mol. The summed E-state index contributed by atoms with van der Waals surface area (Å²) in [6.07, 6.45) is 6.98. The van der Waals surface area contributed by atoms with Gasteiger partial charge in [0.1, 0.15) is 0 Å². The normalized spacial score (nSPS) is 20.5. The van der Waals surface area contributed by atoms with Gasteiger partial charge < -0.3 is 5.73 Å². The fraction of sp³-hybridized carbons (Fsp3) is 0.750. The molecule has 0 saturated heterocycles. The summed E-state index contributed by atoms with van der Waals surface area (Å²) in [7, 11) is 0. The van der Waals surface area contributed by atoms with Crippen molar-refractivity contribution in [3.05, 3.63) is 12.7 Å². The van der Waals surface area contributed by atoms with Gasteiger partial charge in [0.05, 0.1) is 0 Å². The molecule has 0 aliphatic heterocycles. The van der Waals surface area contributed by atoms with Crippen molar-refractivity contribution in [2.45, 2.75) is 31.7 Å². The maximum Gasteiger partial charge on any atom is 0.0102 e. The van der Waals surface area contributed by atoms with E-state index >= 15 is 0 Å². The average Bonchev–Trinajstić information content (AvgIpc) is 1.60. The van der Waals surface area contributed by atoms with Crippen LogP contribution in [0.2, 0.25) is 0 Å². The second kappa shape index (κ2) is 4.75. The zero-order valence-corrected chi connectivity index (χ0v) is 7.07. The highest BCUT2D eigenvalue weighted by molar-refractivity contribution is 5.85. The van der Waals surface area contributed by atoms with E-state index in [4.69, 9.17) is 5.73 Å². The van der Waals surface area contributed by atoms with Gasteiger partial charge >= 0.3 is 0 Å². The van der Waals surface area contributed by atoms with Crippen molar-refractivity contribution in [1.29, 1.82) is 0 Å². The number of halogens is 1. The summed E-state index contributed by atoms with van der Waals surface area (Å²) in [6, 6.07) is 0.399. The molecule has 1 fully saturated rings. The van der Waals surface area contributed by atoms with Crippen LogP contribution in [0.25, 0.3) is 0 Å². The van der Waals surface area contributed by atoms with Crippen molar-refractivity contribution in [2.75, 3.05) is 0 Å². The molecule has 0 amide bonds. The Morgan fingerprint density at radius 3 is 2.50 bits per heavy atom. The van der Waals surface area contributed by atoms with Gasteiger partial charge in [0, 0.05) is 6.04 Å². The molecule has 1 aliphatic carbocycles. The van der Waals surface area contributed by atoms with E-state index in [2.05, 4.69) is 6.58 Å². The van der Waals surface area contributed by atoms with E-state index in [1.807, 2.05) is 6.08 Å². The summed E-state index contributed by atoms with van der Waals surface area (Å²) >= 11 is 0. The first-order chi connectivity index (χ1) is 4.34.